The van der Waals surface area contributed by atoms with Crippen molar-refractivity contribution < 1.29 is 18.9 Å². The van der Waals surface area contributed by atoms with Crippen molar-refractivity contribution in [1.29, 1.82) is 0 Å². The van der Waals surface area contributed by atoms with Gasteiger partial charge in [-0.25, -0.2) is 0 Å². The van der Waals surface area contributed by atoms with Gasteiger partial charge in [-0.3, -0.25) is 0 Å². The van der Waals surface area contributed by atoms with Crippen molar-refractivity contribution in [3.05, 3.63) is 29.3 Å². The zero-order chi connectivity index (χ0) is 13.2. The van der Waals surface area contributed by atoms with Gasteiger partial charge < -0.3 is 18.9 Å². The first kappa shape index (κ1) is 12.9. The standard InChI is InChI=1S/C15H20O4/c1-16-14-6-10-4-3-5-13(19-9-11-8-18-11)12(10)7-15(14)17-2/h3-5,11,14-15H,6-9H2,1-2H3/t11-,14-,15+/m1/s1. The lowest BCUT2D eigenvalue weighted by Crippen LogP contribution is -2.38. The van der Waals surface area contributed by atoms with Crippen LogP contribution in [0.4, 0.5) is 0 Å². The average molecular weight is 264 g/mol. The lowest BCUT2D eigenvalue weighted by molar-refractivity contribution is -0.0402. The number of hydrogen-bond donors (Lipinski definition) is 0. The molecular formula is C15H20O4. The monoisotopic (exact) mass is 264 g/mol. The molecule has 1 saturated heterocycles. The maximum atomic E-state index is 5.87. The first-order chi connectivity index (χ1) is 9.31. The zero-order valence-electron chi connectivity index (χ0n) is 11.4. The van der Waals surface area contributed by atoms with E-state index in [1.807, 2.05) is 12.1 Å². The molecule has 1 aliphatic carbocycles. The molecule has 0 spiro atoms. The van der Waals surface area contributed by atoms with Gasteiger partial charge in [0.1, 0.15) is 18.5 Å². The molecule has 0 aromatic heterocycles. The second-order valence-corrected chi connectivity index (χ2v) is 5.12. The van der Waals surface area contributed by atoms with E-state index in [1.165, 1.54) is 11.1 Å². The number of hydrogen-bond acceptors (Lipinski definition) is 4. The highest BCUT2D eigenvalue weighted by molar-refractivity contribution is 5.43. The van der Waals surface area contributed by atoms with Crippen molar-refractivity contribution in [1.82, 2.24) is 0 Å². The summed E-state index contributed by atoms with van der Waals surface area (Å²) in [5, 5.41) is 0. The minimum absolute atomic E-state index is 0.0967. The second kappa shape index (κ2) is 5.49. The third-order valence-corrected chi connectivity index (χ3v) is 3.90. The van der Waals surface area contributed by atoms with Crippen LogP contribution >= 0.6 is 0 Å². The molecule has 3 atom stereocenters. The van der Waals surface area contributed by atoms with E-state index in [0.29, 0.717) is 6.61 Å². The highest BCUT2D eigenvalue weighted by atomic mass is 16.6. The fourth-order valence-corrected chi connectivity index (χ4v) is 2.67. The van der Waals surface area contributed by atoms with Crippen LogP contribution in [-0.4, -0.2) is 45.7 Å². The summed E-state index contributed by atoms with van der Waals surface area (Å²) in [6.07, 6.45) is 2.22. The van der Waals surface area contributed by atoms with E-state index in [4.69, 9.17) is 18.9 Å². The van der Waals surface area contributed by atoms with Crippen molar-refractivity contribution in [2.75, 3.05) is 27.4 Å². The molecule has 1 fully saturated rings. The number of ether oxygens (including phenoxy) is 4. The van der Waals surface area contributed by atoms with Crippen LogP contribution < -0.4 is 4.74 Å². The molecule has 19 heavy (non-hydrogen) atoms. The van der Waals surface area contributed by atoms with Crippen molar-refractivity contribution in [2.24, 2.45) is 0 Å². The molecular weight excluding hydrogens is 244 g/mol. The summed E-state index contributed by atoms with van der Waals surface area (Å²) in [7, 11) is 3.48. The summed E-state index contributed by atoms with van der Waals surface area (Å²) in [5.41, 5.74) is 2.55. The summed E-state index contributed by atoms with van der Waals surface area (Å²) in [5.74, 6) is 0.963. The van der Waals surface area contributed by atoms with Gasteiger partial charge >= 0.3 is 0 Å². The Balaban J connectivity index is 1.80. The Labute approximate surface area is 113 Å². The van der Waals surface area contributed by atoms with E-state index < -0.39 is 0 Å². The Morgan fingerprint density at radius 3 is 2.58 bits per heavy atom. The Bertz CT molecular complexity index is 442. The maximum absolute atomic E-state index is 5.87. The van der Waals surface area contributed by atoms with E-state index in [2.05, 4.69) is 6.07 Å². The van der Waals surface area contributed by atoms with Gasteiger partial charge in [-0.2, -0.15) is 0 Å². The van der Waals surface area contributed by atoms with Crippen LogP contribution in [0.2, 0.25) is 0 Å². The summed E-state index contributed by atoms with van der Waals surface area (Å²) >= 11 is 0. The number of benzene rings is 1. The average Bonchev–Trinajstić information content (AvgIpc) is 3.27. The Morgan fingerprint density at radius 2 is 1.89 bits per heavy atom. The minimum Gasteiger partial charge on any atom is -0.490 e. The minimum atomic E-state index is 0.0967. The quantitative estimate of drug-likeness (QED) is 0.757. The SMILES string of the molecule is CO[C@H]1Cc2c(cccc2OC[C@H]2CO2)C[C@H]1OC. The Morgan fingerprint density at radius 1 is 1.16 bits per heavy atom. The summed E-state index contributed by atoms with van der Waals surface area (Å²) in [6, 6.07) is 6.22. The first-order valence-electron chi connectivity index (χ1n) is 6.72. The van der Waals surface area contributed by atoms with Crippen LogP contribution in [0.3, 0.4) is 0 Å². The highest BCUT2D eigenvalue weighted by Gasteiger charge is 2.31. The first-order valence-corrected chi connectivity index (χ1v) is 6.72. The van der Waals surface area contributed by atoms with E-state index in [0.717, 1.165) is 25.2 Å². The van der Waals surface area contributed by atoms with Crippen LogP contribution in [-0.2, 0) is 27.1 Å². The van der Waals surface area contributed by atoms with E-state index in [9.17, 15) is 0 Å². The molecule has 1 aromatic rings. The number of epoxide rings is 1. The molecule has 0 unspecified atom stereocenters. The third kappa shape index (κ3) is 2.76. The van der Waals surface area contributed by atoms with Gasteiger partial charge in [0.25, 0.3) is 0 Å². The van der Waals surface area contributed by atoms with Gasteiger partial charge in [0.2, 0.25) is 0 Å². The van der Waals surface area contributed by atoms with Gasteiger partial charge in [0, 0.05) is 32.6 Å². The highest BCUT2D eigenvalue weighted by Crippen LogP contribution is 2.32. The molecule has 0 amide bonds. The number of fused-ring (bicyclic) bond motifs is 1. The van der Waals surface area contributed by atoms with Crippen molar-refractivity contribution in [3.8, 4) is 5.75 Å². The van der Waals surface area contributed by atoms with Crippen LogP contribution in [0, 0.1) is 0 Å². The van der Waals surface area contributed by atoms with E-state index in [1.54, 1.807) is 14.2 Å². The van der Waals surface area contributed by atoms with Gasteiger partial charge in [-0.1, -0.05) is 12.1 Å². The molecule has 3 rings (SSSR count). The maximum Gasteiger partial charge on any atom is 0.123 e. The summed E-state index contributed by atoms with van der Waals surface area (Å²) in [6.45, 7) is 1.46. The number of methoxy groups -OCH3 is 2. The molecule has 2 aliphatic rings. The number of rotatable bonds is 5. The van der Waals surface area contributed by atoms with Crippen molar-refractivity contribution in [3.63, 3.8) is 0 Å². The molecule has 0 radical (unpaired) electrons. The topological polar surface area (TPSA) is 40.2 Å². The lowest BCUT2D eigenvalue weighted by Gasteiger charge is -2.32. The Kier molecular flexibility index (Phi) is 3.73. The smallest absolute Gasteiger partial charge is 0.123 e. The zero-order valence-corrected chi connectivity index (χ0v) is 11.4. The van der Waals surface area contributed by atoms with E-state index >= 15 is 0 Å². The molecule has 0 N–H and O–H groups in total. The Hall–Kier alpha value is -1.10. The fourth-order valence-electron chi connectivity index (χ4n) is 2.67. The van der Waals surface area contributed by atoms with Crippen LogP contribution in [0.15, 0.2) is 18.2 Å². The van der Waals surface area contributed by atoms with Crippen LogP contribution in [0.1, 0.15) is 11.1 Å². The summed E-state index contributed by atoms with van der Waals surface area (Å²) < 4.78 is 22.1. The van der Waals surface area contributed by atoms with Gasteiger partial charge in [0.15, 0.2) is 0 Å². The van der Waals surface area contributed by atoms with Crippen LogP contribution in [0.5, 0.6) is 5.75 Å². The van der Waals surface area contributed by atoms with Crippen LogP contribution in [0.25, 0.3) is 0 Å². The largest absolute Gasteiger partial charge is 0.490 e. The molecule has 1 aliphatic heterocycles. The molecule has 4 nitrogen and oxygen atoms in total. The van der Waals surface area contributed by atoms with E-state index in [-0.39, 0.29) is 18.3 Å². The molecule has 1 aromatic carbocycles. The lowest BCUT2D eigenvalue weighted by atomic mass is 9.87. The predicted octanol–water partition coefficient (Wildman–Crippen LogP) is 1.59. The molecule has 4 heteroatoms. The second-order valence-electron chi connectivity index (χ2n) is 5.12. The van der Waals surface area contributed by atoms with Crippen molar-refractivity contribution >= 4 is 0 Å². The molecule has 0 saturated carbocycles. The summed E-state index contributed by atoms with van der Waals surface area (Å²) in [4.78, 5) is 0. The van der Waals surface area contributed by atoms with Gasteiger partial charge in [-0.15, -0.1) is 0 Å². The normalized spacial score (nSPS) is 28.8. The fraction of sp³-hybridized carbons (Fsp3) is 0.600. The van der Waals surface area contributed by atoms with Crippen molar-refractivity contribution in [2.45, 2.75) is 31.2 Å². The molecule has 1 heterocycles. The molecule has 0 bridgehead atoms. The predicted molar refractivity (Wildman–Crippen MR) is 70.7 cm³/mol. The van der Waals surface area contributed by atoms with Gasteiger partial charge in [0.05, 0.1) is 18.8 Å². The molecule has 104 valence electrons. The third-order valence-electron chi connectivity index (χ3n) is 3.90. The van der Waals surface area contributed by atoms with Gasteiger partial charge in [-0.05, 0) is 11.6 Å².